The van der Waals surface area contributed by atoms with Crippen LogP contribution in [0.25, 0.3) is 0 Å². The maximum atomic E-state index is 12.6. The van der Waals surface area contributed by atoms with Gasteiger partial charge in [-0.2, -0.15) is 4.31 Å². The fraction of sp³-hybridized carbons (Fsp3) is 0.286. The Bertz CT molecular complexity index is 746. The van der Waals surface area contributed by atoms with Crippen molar-refractivity contribution in [3.63, 3.8) is 0 Å². The van der Waals surface area contributed by atoms with Crippen molar-refractivity contribution in [1.29, 1.82) is 0 Å². The number of sulfonamides is 1. The maximum Gasteiger partial charge on any atom is 0.243 e. The minimum atomic E-state index is -3.50. The first kappa shape index (κ1) is 15.2. The van der Waals surface area contributed by atoms with E-state index in [9.17, 15) is 8.42 Å². The molecule has 1 fully saturated rings. The molecule has 22 heavy (non-hydrogen) atoms. The van der Waals surface area contributed by atoms with Crippen LogP contribution in [0.4, 0.5) is 5.82 Å². The van der Waals surface area contributed by atoms with E-state index in [-0.39, 0.29) is 4.90 Å². The van der Waals surface area contributed by atoms with Gasteiger partial charge in [-0.1, -0.05) is 17.7 Å². The summed E-state index contributed by atoms with van der Waals surface area (Å²) in [5.41, 5.74) is 0. The van der Waals surface area contributed by atoms with Crippen LogP contribution in [0.1, 0.15) is 0 Å². The average Bonchev–Trinajstić information content (AvgIpc) is 2.56. The Labute approximate surface area is 134 Å². The summed E-state index contributed by atoms with van der Waals surface area (Å²) in [6.45, 7) is 1.98. The molecule has 0 amide bonds. The molecule has 2 heterocycles. The second-order valence-electron chi connectivity index (χ2n) is 4.91. The van der Waals surface area contributed by atoms with Crippen molar-refractivity contribution in [2.75, 3.05) is 31.1 Å². The van der Waals surface area contributed by atoms with Gasteiger partial charge in [0.25, 0.3) is 0 Å². The van der Waals surface area contributed by atoms with Crippen molar-refractivity contribution in [2.45, 2.75) is 4.90 Å². The molecule has 116 valence electrons. The van der Waals surface area contributed by atoms with Crippen LogP contribution in [-0.4, -0.2) is 48.9 Å². The van der Waals surface area contributed by atoms with E-state index in [1.54, 1.807) is 36.8 Å². The number of piperazine rings is 1. The standard InChI is InChI=1S/C14H15ClN4O2S/c15-12-2-1-3-13(10-12)22(20,21)19-8-6-18(7-9-19)14-11-16-4-5-17-14/h1-5,10-11H,6-9H2. The average molecular weight is 339 g/mol. The molecule has 0 spiro atoms. The van der Waals surface area contributed by atoms with Gasteiger partial charge in [0, 0.05) is 43.6 Å². The Morgan fingerprint density at radius 2 is 1.86 bits per heavy atom. The van der Waals surface area contributed by atoms with Crippen LogP contribution in [0, 0.1) is 0 Å². The maximum absolute atomic E-state index is 12.6. The normalized spacial score (nSPS) is 16.7. The van der Waals surface area contributed by atoms with Gasteiger partial charge in [-0.15, -0.1) is 0 Å². The predicted octanol–water partition coefficient (Wildman–Crippen LogP) is 1.64. The van der Waals surface area contributed by atoms with Crippen LogP contribution < -0.4 is 4.90 Å². The predicted molar refractivity (Wildman–Crippen MR) is 84.5 cm³/mol. The zero-order valence-corrected chi connectivity index (χ0v) is 13.3. The van der Waals surface area contributed by atoms with Gasteiger partial charge in [0.1, 0.15) is 5.82 Å². The fourth-order valence-electron chi connectivity index (χ4n) is 2.39. The molecular formula is C14H15ClN4O2S. The first-order valence-corrected chi connectivity index (χ1v) is 8.66. The van der Waals surface area contributed by atoms with E-state index >= 15 is 0 Å². The van der Waals surface area contributed by atoms with Crippen LogP contribution in [0.5, 0.6) is 0 Å². The van der Waals surface area contributed by atoms with Gasteiger partial charge in [0.15, 0.2) is 0 Å². The SMILES string of the molecule is O=S(=O)(c1cccc(Cl)c1)N1CCN(c2cnccn2)CC1. The molecule has 0 saturated carbocycles. The Kier molecular flexibility index (Phi) is 4.28. The molecule has 0 radical (unpaired) electrons. The molecule has 1 aliphatic heterocycles. The third-order valence-corrected chi connectivity index (χ3v) is 5.68. The third-order valence-electron chi connectivity index (χ3n) is 3.55. The Morgan fingerprint density at radius 1 is 1.09 bits per heavy atom. The van der Waals surface area contributed by atoms with Crippen LogP contribution in [-0.2, 0) is 10.0 Å². The largest absolute Gasteiger partial charge is 0.353 e. The highest BCUT2D eigenvalue weighted by Gasteiger charge is 2.29. The number of hydrogen-bond acceptors (Lipinski definition) is 5. The first-order chi connectivity index (χ1) is 10.6. The van der Waals surface area contributed by atoms with Crippen LogP contribution >= 0.6 is 11.6 Å². The third kappa shape index (κ3) is 3.06. The van der Waals surface area contributed by atoms with Crippen molar-refractivity contribution < 1.29 is 8.42 Å². The lowest BCUT2D eigenvalue weighted by atomic mass is 10.3. The van der Waals surface area contributed by atoms with Crippen molar-refractivity contribution >= 4 is 27.4 Å². The molecule has 0 N–H and O–H groups in total. The van der Waals surface area contributed by atoms with Crippen molar-refractivity contribution in [3.8, 4) is 0 Å². The Hall–Kier alpha value is -1.70. The van der Waals surface area contributed by atoms with E-state index in [2.05, 4.69) is 9.97 Å². The van der Waals surface area contributed by atoms with Gasteiger partial charge < -0.3 is 4.90 Å². The van der Waals surface area contributed by atoms with Gasteiger partial charge in [0.2, 0.25) is 10.0 Å². The molecule has 1 aromatic carbocycles. The number of aromatic nitrogens is 2. The van der Waals surface area contributed by atoms with Crippen molar-refractivity contribution in [2.24, 2.45) is 0 Å². The molecule has 0 bridgehead atoms. The number of anilines is 1. The molecule has 0 aliphatic carbocycles. The molecular weight excluding hydrogens is 324 g/mol. The number of benzene rings is 1. The molecule has 6 nitrogen and oxygen atoms in total. The van der Waals surface area contributed by atoms with E-state index in [1.807, 2.05) is 4.90 Å². The molecule has 3 rings (SSSR count). The Balaban J connectivity index is 1.73. The number of halogens is 1. The zero-order chi connectivity index (χ0) is 15.6. The van der Waals surface area contributed by atoms with E-state index in [1.165, 1.54) is 10.4 Å². The molecule has 0 atom stereocenters. The molecule has 1 aromatic heterocycles. The molecule has 0 unspecified atom stereocenters. The van der Waals surface area contributed by atoms with Crippen molar-refractivity contribution in [3.05, 3.63) is 47.9 Å². The second-order valence-corrected chi connectivity index (χ2v) is 7.29. The van der Waals surface area contributed by atoms with Crippen LogP contribution in [0.2, 0.25) is 5.02 Å². The lowest BCUT2D eigenvalue weighted by Crippen LogP contribution is -2.48. The summed E-state index contributed by atoms with van der Waals surface area (Å²) in [5.74, 6) is 0.766. The first-order valence-electron chi connectivity index (χ1n) is 6.84. The topological polar surface area (TPSA) is 66.4 Å². The highest BCUT2D eigenvalue weighted by molar-refractivity contribution is 7.89. The van der Waals surface area contributed by atoms with Gasteiger partial charge in [-0.3, -0.25) is 4.98 Å². The lowest BCUT2D eigenvalue weighted by Gasteiger charge is -2.34. The van der Waals surface area contributed by atoms with E-state index in [0.717, 1.165) is 5.82 Å². The zero-order valence-electron chi connectivity index (χ0n) is 11.8. The molecule has 8 heteroatoms. The van der Waals surface area contributed by atoms with Gasteiger partial charge in [0.05, 0.1) is 11.1 Å². The summed E-state index contributed by atoms with van der Waals surface area (Å²) in [7, 11) is -3.50. The number of hydrogen-bond donors (Lipinski definition) is 0. The summed E-state index contributed by atoms with van der Waals surface area (Å²) in [4.78, 5) is 10.5. The number of nitrogens with zero attached hydrogens (tertiary/aromatic N) is 4. The fourth-order valence-corrected chi connectivity index (χ4v) is 4.11. The van der Waals surface area contributed by atoms with Crippen LogP contribution in [0.15, 0.2) is 47.8 Å². The van der Waals surface area contributed by atoms with Crippen LogP contribution in [0.3, 0.4) is 0 Å². The van der Waals surface area contributed by atoms with Gasteiger partial charge in [-0.25, -0.2) is 13.4 Å². The minimum Gasteiger partial charge on any atom is -0.353 e. The van der Waals surface area contributed by atoms with Gasteiger partial charge in [-0.05, 0) is 18.2 Å². The summed E-state index contributed by atoms with van der Waals surface area (Å²) in [6.07, 6.45) is 4.93. The summed E-state index contributed by atoms with van der Waals surface area (Å²) in [6, 6.07) is 6.35. The van der Waals surface area contributed by atoms with E-state index < -0.39 is 10.0 Å². The summed E-state index contributed by atoms with van der Waals surface area (Å²) in [5, 5.41) is 0.416. The second kappa shape index (κ2) is 6.20. The smallest absolute Gasteiger partial charge is 0.243 e. The van der Waals surface area contributed by atoms with Crippen molar-refractivity contribution in [1.82, 2.24) is 14.3 Å². The molecule has 1 saturated heterocycles. The number of rotatable bonds is 3. The van der Waals surface area contributed by atoms with Gasteiger partial charge >= 0.3 is 0 Å². The lowest BCUT2D eigenvalue weighted by molar-refractivity contribution is 0.383. The quantitative estimate of drug-likeness (QED) is 0.851. The Morgan fingerprint density at radius 3 is 2.50 bits per heavy atom. The minimum absolute atomic E-state index is 0.230. The summed E-state index contributed by atoms with van der Waals surface area (Å²) >= 11 is 5.89. The highest BCUT2D eigenvalue weighted by Crippen LogP contribution is 2.21. The monoisotopic (exact) mass is 338 g/mol. The highest BCUT2D eigenvalue weighted by atomic mass is 35.5. The molecule has 1 aliphatic rings. The van der Waals surface area contributed by atoms with E-state index in [0.29, 0.717) is 31.2 Å². The molecule has 2 aromatic rings. The summed E-state index contributed by atoms with van der Waals surface area (Å²) < 4.78 is 26.7. The van der Waals surface area contributed by atoms with E-state index in [4.69, 9.17) is 11.6 Å².